The van der Waals surface area contributed by atoms with Crippen LogP contribution in [-0.4, -0.2) is 35.2 Å². The van der Waals surface area contributed by atoms with Crippen LogP contribution < -0.4 is 4.90 Å². The van der Waals surface area contributed by atoms with Crippen molar-refractivity contribution in [2.75, 3.05) is 11.5 Å². The van der Waals surface area contributed by atoms with Gasteiger partial charge in [0.1, 0.15) is 0 Å². The van der Waals surface area contributed by atoms with E-state index in [2.05, 4.69) is 15.9 Å². The molecule has 6 rings (SSSR count). The number of amides is 2. The highest BCUT2D eigenvalue weighted by Gasteiger charge is 2.48. The zero-order valence-electron chi connectivity index (χ0n) is 22.7. The number of carbonyl (C=O) groups excluding carboxylic acids is 4. The molecule has 1 aromatic heterocycles. The van der Waals surface area contributed by atoms with E-state index in [0.29, 0.717) is 48.5 Å². The third-order valence-corrected chi connectivity index (χ3v) is 9.48. The first-order valence-electron chi connectivity index (χ1n) is 13.8. The van der Waals surface area contributed by atoms with Gasteiger partial charge in [0.25, 0.3) is 0 Å². The summed E-state index contributed by atoms with van der Waals surface area (Å²) in [6.07, 6.45) is 3.43. The van der Waals surface area contributed by atoms with Crippen LogP contribution in [0.3, 0.4) is 0 Å². The maximum Gasteiger partial charge on any atom is 0.339 e. The van der Waals surface area contributed by atoms with E-state index < -0.39 is 12.6 Å². The summed E-state index contributed by atoms with van der Waals surface area (Å²) in [5.74, 6) is -1.72. The molecule has 1 saturated carbocycles. The standard InChI is InChI=1S/C33H26BrClN2O5/c1-18-29(35)26(34)15-24-25(33(41)42-17-28(38)20-7-3-2-4-8-20)16-27(36-30(18)24)19-11-13-21(14-12-19)37-31(39)22-9-5-6-10-23(22)32(37)40/h2-4,7-8,11-16,22-23H,5-6,9-10,17H2,1H3. The summed E-state index contributed by atoms with van der Waals surface area (Å²) >= 11 is 9.97. The van der Waals surface area contributed by atoms with Gasteiger partial charge in [-0.05, 0) is 65.5 Å². The minimum Gasteiger partial charge on any atom is -0.454 e. The number of aryl methyl sites for hydroxylation is 1. The van der Waals surface area contributed by atoms with Crippen LogP contribution in [0.25, 0.3) is 22.2 Å². The number of hydrogen-bond acceptors (Lipinski definition) is 6. The quantitative estimate of drug-likeness (QED) is 0.124. The molecule has 0 N–H and O–H groups in total. The van der Waals surface area contributed by atoms with Gasteiger partial charge in [-0.1, -0.05) is 66.9 Å². The van der Waals surface area contributed by atoms with Crippen LogP contribution in [0.5, 0.6) is 0 Å². The number of hydrogen-bond donors (Lipinski definition) is 0. The van der Waals surface area contributed by atoms with Crippen LogP contribution in [0.4, 0.5) is 5.69 Å². The number of anilines is 1. The number of benzene rings is 3. The van der Waals surface area contributed by atoms with Crippen molar-refractivity contribution < 1.29 is 23.9 Å². The number of esters is 1. The van der Waals surface area contributed by atoms with Crippen molar-refractivity contribution in [1.29, 1.82) is 0 Å². The van der Waals surface area contributed by atoms with E-state index in [1.54, 1.807) is 66.7 Å². The van der Waals surface area contributed by atoms with Crippen LogP contribution in [0, 0.1) is 18.8 Å². The second-order valence-corrected chi connectivity index (χ2v) is 11.9. The Hall–Kier alpha value is -3.88. The molecule has 42 heavy (non-hydrogen) atoms. The van der Waals surface area contributed by atoms with E-state index in [1.807, 2.05) is 6.92 Å². The lowest BCUT2D eigenvalue weighted by atomic mass is 9.81. The monoisotopic (exact) mass is 644 g/mol. The van der Waals surface area contributed by atoms with E-state index in [-0.39, 0.29) is 35.0 Å². The van der Waals surface area contributed by atoms with Crippen LogP contribution in [0.2, 0.25) is 5.02 Å². The molecule has 1 aliphatic heterocycles. The fraction of sp³-hybridized carbons (Fsp3) is 0.242. The molecular formula is C33H26BrClN2O5. The highest BCUT2D eigenvalue weighted by molar-refractivity contribution is 9.10. The van der Waals surface area contributed by atoms with E-state index in [0.717, 1.165) is 25.7 Å². The van der Waals surface area contributed by atoms with Crippen molar-refractivity contribution >= 4 is 67.7 Å². The smallest absolute Gasteiger partial charge is 0.339 e. The lowest BCUT2D eigenvalue weighted by Gasteiger charge is -2.19. The van der Waals surface area contributed by atoms with E-state index >= 15 is 0 Å². The first-order chi connectivity index (χ1) is 20.2. The SMILES string of the molecule is Cc1c(Cl)c(Br)cc2c(C(=O)OCC(=O)c3ccccc3)cc(-c3ccc(N4C(=O)C5CCCCC5C4=O)cc3)nc12. The average Bonchev–Trinajstić information content (AvgIpc) is 3.28. The number of ketones is 1. The minimum atomic E-state index is -0.672. The van der Waals surface area contributed by atoms with Crippen LogP contribution in [0.1, 0.15) is 52.0 Å². The molecule has 212 valence electrons. The number of halogens is 2. The van der Waals surface area contributed by atoms with E-state index in [9.17, 15) is 19.2 Å². The lowest BCUT2D eigenvalue weighted by molar-refractivity contribution is -0.122. The van der Waals surface area contributed by atoms with Crippen LogP contribution >= 0.6 is 27.5 Å². The molecule has 0 spiro atoms. The Labute approximate surface area is 256 Å². The molecule has 9 heteroatoms. The van der Waals surface area contributed by atoms with Crippen LogP contribution in [0.15, 0.2) is 71.2 Å². The van der Waals surface area contributed by atoms with Gasteiger partial charge in [-0.2, -0.15) is 0 Å². The topological polar surface area (TPSA) is 93.6 Å². The maximum atomic E-state index is 13.4. The number of imide groups is 1. The highest BCUT2D eigenvalue weighted by atomic mass is 79.9. The summed E-state index contributed by atoms with van der Waals surface area (Å²) in [6.45, 7) is 1.40. The number of aromatic nitrogens is 1. The first-order valence-corrected chi connectivity index (χ1v) is 14.9. The fourth-order valence-electron chi connectivity index (χ4n) is 5.89. The average molecular weight is 646 g/mol. The molecule has 2 heterocycles. The molecule has 2 atom stereocenters. The Morgan fingerprint density at radius 1 is 0.976 bits per heavy atom. The molecule has 3 aromatic carbocycles. The molecule has 7 nitrogen and oxygen atoms in total. The molecule has 2 fully saturated rings. The minimum absolute atomic E-state index is 0.132. The Balaban J connectivity index is 1.34. The summed E-state index contributed by atoms with van der Waals surface area (Å²) in [7, 11) is 0. The third-order valence-electron chi connectivity index (χ3n) is 8.14. The van der Waals surface area contributed by atoms with E-state index in [1.165, 1.54) is 4.90 Å². The molecule has 1 aliphatic carbocycles. The normalized spacial score (nSPS) is 18.3. The molecule has 2 amide bonds. The molecule has 2 unspecified atom stereocenters. The number of carbonyl (C=O) groups is 4. The molecule has 4 aromatic rings. The van der Waals surface area contributed by atoms with Crippen molar-refractivity contribution in [3.05, 3.63) is 92.9 Å². The van der Waals surface area contributed by atoms with Gasteiger partial charge in [0.2, 0.25) is 11.8 Å². The second kappa shape index (κ2) is 11.4. The Morgan fingerprint density at radius 2 is 1.62 bits per heavy atom. The summed E-state index contributed by atoms with van der Waals surface area (Å²) in [4.78, 5) is 58.2. The van der Waals surface area contributed by atoms with Gasteiger partial charge in [0.05, 0.1) is 39.3 Å². The zero-order chi connectivity index (χ0) is 29.5. The van der Waals surface area contributed by atoms with Crippen molar-refractivity contribution in [2.45, 2.75) is 32.6 Å². The second-order valence-electron chi connectivity index (χ2n) is 10.7. The summed E-state index contributed by atoms with van der Waals surface area (Å²) in [5.41, 5.74) is 3.53. The molecule has 1 saturated heterocycles. The fourth-order valence-corrected chi connectivity index (χ4v) is 6.56. The predicted octanol–water partition coefficient (Wildman–Crippen LogP) is 7.35. The van der Waals surface area contributed by atoms with Gasteiger partial charge < -0.3 is 4.74 Å². The van der Waals surface area contributed by atoms with Crippen molar-refractivity contribution in [3.63, 3.8) is 0 Å². The molecule has 0 radical (unpaired) electrons. The predicted molar refractivity (Wildman–Crippen MR) is 164 cm³/mol. The van der Waals surface area contributed by atoms with Crippen molar-refractivity contribution in [1.82, 2.24) is 4.98 Å². The lowest BCUT2D eigenvalue weighted by Crippen LogP contribution is -2.30. The van der Waals surface area contributed by atoms with Gasteiger partial charge in [-0.3, -0.25) is 19.3 Å². The Morgan fingerprint density at radius 3 is 2.26 bits per heavy atom. The van der Waals surface area contributed by atoms with E-state index in [4.69, 9.17) is 21.3 Å². The Bertz CT molecular complexity index is 1730. The van der Waals surface area contributed by atoms with Gasteiger partial charge in [0.15, 0.2) is 12.4 Å². The molecule has 0 bridgehead atoms. The number of nitrogens with zero attached hydrogens (tertiary/aromatic N) is 2. The van der Waals surface area contributed by atoms with Gasteiger partial charge >= 0.3 is 5.97 Å². The summed E-state index contributed by atoms with van der Waals surface area (Å²) < 4.78 is 6.06. The number of fused-ring (bicyclic) bond motifs is 2. The highest BCUT2D eigenvalue weighted by Crippen LogP contribution is 2.41. The van der Waals surface area contributed by atoms with Gasteiger partial charge in [-0.25, -0.2) is 9.78 Å². The Kier molecular flexibility index (Phi) is 7.68. The van der Waals surface area contributed by atoms with Crippen molar-refractivity contribution in [2.24, 2.45) is 11.8 Å². The number of rotatable bonds is 6. The van der Waals surface area contributed by atoms with Crippen LogP contribution in [-0.2, 0) is 14.3 Å². The number of pyridine rings is 1. The zero-order valence-corrected chi connectivity index (χ0v) is 25.1. The first kappa shape index (κ1) is 28.2. The van der Waals surface area contributed by atoms with Crippen molar-refractivity contribution in [3.8, 4) is 11.3 Å². The summed E-state index contributed by atoms with van der Waals surface area (Å²) in [6, 6.07) is 19.0. The number of Topliss-reactive ketones (excluding diaryl/α,β-unsaturated/α-hetero) is 1. The molecular weight excluding hydrogens is 620 g/mol. The molecule has 2 aliphatic rings. The summed E-state index contributed by atoms with van der Waals surface area (Å²) in [5, 5.41) is 0.991. The third kappa shape index (κ3) is 5.03. The number of ether oxygens (including phenoxy) is 1. The van der Waals surface area contributed by atoms with Gasteiger partial charge in [0, 0.05) is 21.0 Å². The van der Waals surface area contributed by atoms with Gasteiger partial charge in [-0.15, -0.1) is 0 Å². The largest absolute Gasteiger partial charge is 0.454 e. The maximum absolute atomic E-state index is 13.4.